The van der Waals surface area contributed by atoms with Gasteiger partial charge in [0.25, 0.3) is 0 Å². The molecule has 0 fully saturated rings. The molecular formula is C16H20N4O. The van der Waals surface area contributed by atoms with E-state index in [9.17, 15) is 4.79 Å². The first kappa shape index (κ1) is 13.7. The Labute approximate surface area is 124 Å². The summed E-state index contributed by atoms with van der Waals surface area (Å²) in [6, 6.07) is 10.1. The number of amides is 2. The summed E-state index contributed by atoms with van der Waals surface area (Å²) < 4.78 is 1.88. The second-order valence-electron chi connectivity index (χ2n) is 5.24. The molecule has 1 aliphatic heterocycles. The van der Waals surface area contributed by atoms with Crippen molar-refractivity contribution in [1.82, 2.24) is 15.1 Å². The fraction of sp³-hybridized carbons (Fsp3) is 0.375. The molecule has 0 radical (unpaired) electrons. The summed E-state index contributed by atoms with van der Waals surface area (Å²) >= 11 is 0. The lowest BCUT2D eigenvalue weighted by Crippen LogP contribution is -2.43. The van der Waals surface area contributed by atoms with Gasteiger partial charge < -0.3 is 5.32 Å². The fourth-order valence-corrected chi connectivity index (χ4v) is 2.71. The van der Waals surface area contributed by atoms with E-state index in [1.54, 1.807) is 6.20 Å². The normalized spacial score (nSPS) is 13.8. The van der Waals surface area contributed by atoms with Crippen LogP contribution in [0.1, 0.15) is 18.4 Å². The number of fused-ring (bicyclic) bond motifs is 1. The van der Waals surface area contributed by atoms with Gasteiger partial charge in [0.2, 0.25) is 0 Å². The largest absolute Gasteiger partial charge is 0.338 e. The maximum atomic E-state index is 12.3. The molecule has 110 valence electrons. The lowest BCUT2D eigenvalue weighted by molar-refractivity contribution is 0.245. The Hall–Kier alpha value is -2.30. The van der Waals surface area contributed by atoms with Crippen molar-refractivity contribution in [2.24, 2.45) is 0 Å². The van der Waals surface area contributed by atoms with E-state index in [1.165, 1.54) is 5.56 Å². The van der Waals surface area contributed by atoms with Crippen molar-refractivity contribution in [1.29, 1.82) is 0 Å². The first-order chi connectivity index (χ1) is 10.3. The van der Waals surface area contributed by atoms with Gasteiger partial charge in [-0.05, 0) is 37.0 Å². The minimum Gasteiger partial charge on any atom is -0.338 e. The van der Waals surface area contributed by atoms with Gasteiger partial charge in [-0.1, -0.05) is 18.2 Å². The van der Waals surface area contributed by atoms with Crippen LogP contribution in [-0.4, -0.2) is 28.9 Å². The standard InChI is InChI=1S/C16H20N4O/c21-16(17-9-4-11-19-12-5-10-18-19)20-13-3-7-14-6-1-2-8-15(14)20/h1-2,5-6,8,10,12H,3-4,7,9,11,13H2,(H,17,21). The molecule has 0 saturated carbocycles. The van der Waals surface area contributed by atoms with Crippen molar-refractivity contribution in [2.75, 3.05) is 18.0 Å². The molecule has 21 heavy (non-hydrogen) atoms. The van der Waals surface area contributed by atoms with Crippen molar-refractivity contribution in [3.63, 3.8) is 0 Å². The van der Waals surface area contributed by atoms with Gasteiger partial charge in [0.15, 0.2) is 0 Å². The van der Waals surface area contributed by atoms with Crippen LogP contribution in [0.2, 0.25) is 0 Å². The van der Waals surface area contributed by atoms with Gasteiger partial charge in [0, 0.05) is 37.7 Å². The third-order valence-corrected chi connectivity index (χ3v) is 3.75. The van der Waals surface area contributed by atoms with E-state index in [4.69, 9.17) is 0 Å². The summed E-state index contributed by atoms with van der Waals surface area (Å²) in [5, 5.41) is 7.15. The van der Waals surface area contributed by atoms with E-state index in [0.29, 0.717) is 6.54 Å². The smallest absolute Gasteiger partial charge is 0.321 e. The molecule has 0 aliphatic carbocycles. The van der Waals surface area contributed by atoms with Crippen LogP contribution in [-0.2, 0) is 13.0 Å². The zero-order chi connectivity index (χ0) is 14.5. The molecule has 1 aromatic carbocycles. The third kappa shape index (κ3) is 3.24. The third-order valence-electron chi connectivity index (χ3n) is 3.75. The quantitative estimate of drug-likeness (QED) is 0.877. The highest BCUT2D eigenvalue weighted by Crippen LogP contribution is 2.26. The van der Waals surface area contributed by atoms with Gasteiger partial charge in [-0.25, -0.2) is 4.79 Å². The molecule has 5 nitrogen and oxygen atoms in total. The minimum atomic E-state index is 0.00242. The predicted molar refractivity (Wildman–Crippen MR) is 82.4 cm³/mol. The van der Waals surface area contributed by atoms with Crippen LogP contribution in [0.5, 0.6) is 0 Å². The number of benzene rings is 1. The van der Waals surface area contributed by atoms with Gasteiger partial charge in [-0.2, -0.15) is 5.10 Å². The van der Waals surface area contributed by atoms with Crippen LogP contribution < -0.4 is 10.2 Å². The Kier molecular flexibility index (Phi) is 4.19. The number of rotatable bonds is 4. The molecule has 1 aliphatic rings. The van der Waals surface area contributed by atoms with E-state index in [-0.39, 0.29) is 6.03 Å². The van der Waals surface area contributed by atoms with Gasteiger partial charge in [-0.3, -0.25) is 9.58 Å². The zero-order valence-corrected chi connectivity index (χ0v) is 12.0. The fourth-order valence-electron chi connectivity index (χ4n) is 2.71. The summed E-state index contributed by atoms with van der Waals surface area (Å²) in [6.45, 7) is 2.28. The summed E-state index contributed by atoms with van der Waals surface area (Å²) in [6.07, 6.45) is 6.66. The topological polar surface area (TPSA) is 50.2 Å². The molecule has 1 N–H and O–H groups in total. The Bertz CT molecular complexity index is 594. The number of para-hydroxylation sites is 1. The number of nitrogens with zero attached hydrogens (tertiary/aromatic N) is 3. The number of aryl methyl sites for hydroxylation is 2. The Morgan fingerprint density at radius 2 is 2.19 bits per heavy atom. The molecule has 0 bridgehead atoms. The van der Waals surface area contributed by atoms with Crippen LogP contribution in [0.15, 0.2) is 42.7 Å². The Morgan fingerprint density at radius 1 is 1.29 bits per heavy atom. The number of anilines is 1. The first-order valence-corrected chi connectivity index (χ1v) is 7.45. The molecule has 0 unspecified atom stereocenters. The highest BCUT2D eigenvalue weighted by atomic mass is 16.2. The molecule has 0 atom stereocenters. The average molecular weight is 284 g/mol. The molecule has 0 saturated heterocycles. The van der Waals surface area contributed by atoms with E-state index >= 15 is 0 Å². The number of aromatic nitrogens is 2. The van der Waals surface area contributed by atoms with Crippen molar-refractivity contribution < 1.29 is 4.79 Å². The lowest BCUT2D eigenvalue weighted by Gasteiger charge is -2.29. The van der Waals surface area contributed by atoms with Crippen LogP contribution in [0, 0.1) is 0 Å². The van der Waals surface area contributed by atoms with E-state index in [2.05, 4.69) is 16.5 Å². The second kappa shape index (κ2) is 6.43. The number of nitrogens with one attached hydrogen (secondary N) is 1. The number of carbonyl (C=O) groups is 1. The summed E-state index contributed by atoms with van der Waals surface area (Å²) in [5.74, 6) is 0. The molecule has 0 spiro atoms. The van der Waals surface area contributed by atoms with Crippen molar-refractivity contribution in [2.45, 2.75) is 25.8 Å². The predicted octanol–water partition coefficient (Wildman–Crippen LogP) is 2.44. The van der Waals surface area contributed by atoms with Crippen LogP contribution in [0.3, 0.4) is 0 Å². The minimum absolute atomic E-state index is 0.00242. The zero-order valence-electron chi connectivity index (χ0n) is 12.0. The van der Waals surface area contributed by atoms with Crippen molar-refractivity contribution in [3.8, 4) is 0 Å². The van der Waals surface area contributed by atoms with Crippen molar-refractivity contribution in [3.05, 3.63) is 48.3 Å². The monoisotopic (exact) mass is 284 g/mol. The summed E-state index contributed by atoms with van der Waals surface area (Å²) in [7, 11) is 0. The molecular weight excluding hydrogens is 264 g/mol. The van der Waals surface area contributed by atoms with E-state index in [1.807, 2.05) is 40.0 Å². The molecule has 1 aromatic heterocycles. The van der Waals surface area contributed by atoms with Gasteiger partial charge in [-0.15, -0.1) is 0 Å². The van der Waals surface area contributed by atoms with Gasteiger partial charge >= 0.3 is 6.03 Å². The molecule has 5 heteroatoms. The Balaban J connectivity index is 1.52. The molecule has 2 heterocycles. The van der Waals surface area contributed by atoms with Crippen LogP contribution in [0.4, 0.5) is 10.5 Å². The van der Waals surface area contributed by atoms with Crippen molar-refractivity contribution >= 4 is 11.7 Å². The lowest BCUT2D eigenvalue weighted by atomic mass is 10.0. The molecule has 2 aromatic rings. The van der Waals surface area contributed by atoms with Gasteiger partial charge in [0.1, 0.15) is 0 Å². The van der Waals surface area contributed by atoms with Crippen LogP contribution in [0.25, 0.3) is 0 Å². The Morgan fingerprint density at radius 3 is 3.05 bits per heavy atom. The number of hydrogen-bond acceptors (Lipinski definition) is 2. The van der Waals surface area contributed by atoms with Crippen LogP contribution >= 0.6 is 0 Å². The maximum Gasteiger partial charge on any atom is 0.321 e. The molecule has 2 amide bonds. The highest BCUT2D eigenvalue weighted by Gasteiger charge is 2.21. The maximum absolute atomic E-state index is 12.3. The van der Waals surface area contributed by atoms with E-state index < -0.39 is 0 Å². The highest BCUT2D eigenvalue weighted by molar-refractivity contribution is 5.93. The molecule has 3 rings (SSSR count). The summed E-state index contributed by atoms with van der Waals surface area (Å²) in [4.78, 5) is 14.2. The second-order valence-corrected chi connectivity index (χ2v) is 5.24. The first-order valence-electron chi connectivity index (χ1n) is 7.45. The number of carbonyl (C=O) groups excluding carboxylic acids is 1. The summed E-state index contributed by atoms with van der Waals surface area (Å²) in [5.41, 5.74) is 2.31. The van der Waals surface area contributed by atoms with Gasteiger partial charge in [0.05, 0.1) is 0 Å². The number of hydrogen-bond donors (Lipinski definition) is 1. The number of urea groups is 1. The SMILES string of the molecule is O=C(NCCCn1cccn1)N1CCCc2ccccc21. The average Bonchev–Trinajstić information content (AvgIpc) is 3.04. The van der Waals surface area contributed by atoms with E-state index in [0.717, 1.165) is 38.0 Å².